The van der Waals surface area contributed by atoms with E-state index in [1.165, 1.54) is 0 Å². The van der Waals surface area contributed by atoms with Gasteiger partial charge in [0.15, 0.2) is 0 Å². The summed E-state index contributed by atoms with van der Waals surface area (Å²) in [5.74, 6) is -2.53. The first-order valence-electron chi connectivity index (χ1n) is 15.4. The molecule has 0 aromatic heterocycles. The number of carbonyl (C=O) groups is 3. The molecule has 1 spiro atoms. The van der Waals surface area contributed by atoms with Crippen LogP contribution in [0.5, 0.6) is 0 Å². The normalized spacial score (nSPS) is 30.3. The lowest BCUT2D eigenvalue weighted by atomic mass is 9.73. The summed E-state index contributed by atoms with van der Waals surface area (Å²) in [6.07, 6.45) is 8.44. The van der Waals surface area contributed by atoms with Crippen LogP contribution in [0.3, 0.4) is 0 Å². The molecule has 4 heterocycles. The van der Waals surface area contributed by atoms with Crippen molar-refractivity contribution in [2.24, 2.45) is 11.8 Å². The molecule has 4 aliphatic heterocycles. The van der Waals surface area contributed by atoms with E-state index in [1.807, 2.05) is 104 Å². The number of hydrogen-bond donors (Lipinski definition) is 1. The number of amides is 3. The third kappa shape index (κ3) is 4.15. The molecule has 0 radical (unpaired) electrons. The number of fused-ring (bicyclic) bond motifs is 3. The molecule has 0 saturated carbocycles. The molecule has 0 aliphatic carbocycles. The van der Waals surface area contributed by atoms with E-state index < -0.39 is 35.1 Å². The van der Waals surface area contributed by atoms with Gasteiger partial charge in [0, 0.05) is 25.8 Å². The van der Waals surface area contributed by atoms with Crippen molar-refractivity contribution in [2.45, 2.75) is 43.1 Å². The van der Waals surface area contributed by atoms with Crippen molar-refractivity contribution in [1.82, 2.24) is 9.80 Å². The number of aliphatic hydroxyl groups is 1. The van der Waals surface area contributed by atoms with Crippen LogP contribution in [-0.2, 0) is 25.5 Å². The van der Waals surface area contributed by atoms with Gasteiger partial charge in [-0.15, -0.1) is 0 Å². The molecule has 0 bridgehead atoms. The minimum absolute atomic E-state index is 0.173. The summed E-state index contributed by atoms with van der Waals surface area (Å²) in [5, 5.41) is 12.8. The van der Waals surface area contributed by atoms with E-state index in [-0.39, 0.29) is 30.9 Å². The second kappa shape index (κ2) is 10.7. The van der Waals surface area contributed by atoms with Crippen LogP contribution in [0.15, 0.2) is 97.1 Å². The van der Waals surface area contributed by atoms with Gasteiger partial charge in [-0.25, -0.2) is 0 Å². The van der Waals surface area contributed by atoms with Crippen LogP contribution in [-0.4, -0.2) is 82.7 Å². The van der Waals surface area contributed by atoms with Gasteiger partial charge >= 0.3 is 0 Å². The average Bonchev–Trinajstić information content (AvgIpc) is 3.35. The lowest BCUT2D eigenvalue weighted by molar-refractivity contribution is -0.152. The fraction of sp³-hybridized carbons (Fsp3) is 0.361. The molecule has 3 amide bonds. The summed E-state index contributed by atoms with van der Waals surface area (Å²) in [4.78, 5) is 48.7. The molecule has 8 heteroatoms. The summed E-state index contributed by atoms with van der Waals surface area (Å²) >= 11 is 0. The molecule has 8 nitrogen and oxygen atoms in total. The van der Waals surface area contributed by atoms with Crippen molar-refractivity contribution in [2.75, 3.05) is 31.6 Å². The van der Waals surface area contributed by atoms with Crippen LogP contribution in [0.1, 0.15) is 18.9 Å². The van der Waals surface area contributed by atoms with E-state index in [9.17, 15) is 19.5 Å². The molecular formula is C36H37N3O5. The Bertz CT molecular complexity index is 1690. The molecule has 2 saturated heterocycles. The maximum Gasteiger partial charge on any atom is 0.253 e. The van der Waals surface area contributed by atoms with E-state index in [0.717, 1.165) is 16.3 Å². The van der Waals surface area contributed by atoms with Gasteiger partial charge in [-0.05, 0) is 41.3 Å². The number of likely N-dealkylation sites (N-methyl/N-ethyl adjacent to an activating group) is 1. The maximum absolute atomic E-state index is 15.0. The third-order valence-corrected chi connectivity index (χ3v) is 10.0. The predicted octanol–water partition coefficient (Wildman–Crippen LogP) is 3.74. The first-order valence-corrected chi connectivity index (χ1v) is 15.4. The van der Waals surface area contributed by atoms with Gasteiger partial charge in [-0.1, -0.05) is 91.9 Å². The SMILES string of the molecule is CC[C@@]12C=CCN(C)C(=O)[C@@H]1[C@H]1C(=O)N([C@@H](CO)Cc3ccccc3)C3C(=O)N(c4ccc5ccccc5c4)CC=C[C@@]31O2. The van der Waals surface area contributed by atoms with Crippen molar-refractivity contribution in [1.29, 1.82) is 0 Å². The third-order valence-electron chi connectivity index (χ3n) is 10.0. The Morgan fingerprint density at radius 3 is 2.34 bits per heavy atom. The van der Waals surface area contributed by atoms with Crippen molar-refractivity contribution in [3.8, 4) is 0 Å². The molecular weight excluding hydrogens is 554 g/mol. The van der Waals surface area contributed by atoms with Crippen molar-refractivity contribution in [3.05, 3.63) is 103 Å². The molecule has 6 atom stereocenters. The van der Waals surface area contributed by atoms with Gasteiger partial charge in [0.1, 0.15) is 11.6 Å². The van der Waals surface area contributed by atoms with Gasteiger partial charge in [0.25, 0.3) is 5.91 Å². The second-order valence-electron chi connectivity index (χ2n) is 12.4. The van der Waals surface area contributed by atoms with E-state index in [4.69, 9.17) is 4.74 Å². The Morgan fingerprint density at radius 2 is 1.59 bits per heavy atom. The Hall–Kier alpha value is -4.27. The lowest BCUT2D eigenvalue weighted by Crippen LogP contribution is -2.59. The van der Waals surface area contributed by atoms with Crippen LogP contribution in [0.4, 0.5) is 5.69 Å². The molecule has 226 valence electrons. The fourth-order valence-corrected chi connectivity index (χ4v) is 7.93. The molecule has 7 rings (SSSR count). The highest BCUT2D eigenvalue weighted by atomic mass is 16.5. The summed E-state index contributed by atoms with van der Waals surface area (Å²) in [6, 6.07) is 21.7. The Kier molecular flexibility index (Phi) is 6.94. The highest BCUT2D eigenvalue weighted by Crippen LogP contribution is 2.59. The Morgan fingerprint density at radius 1 is 0.864 bits per heavy atom. The van der Waals surface area contributed by atoms with E-state index >= 15 is 0 Å². The minimum Gasteiger partial charge on any atom is -0.394 e. The summed E-state index contributed by atoms with van der Waals surface area (Å²) in [5.41, 5.74) is -0.778. The Balaban J connectivity index is 1.39. The largest absolute Gasteiger partial charge is 0.394 e. The van der Waals surface area contributed by atoms with E-state index in [2.05, 4.69) is 0 Å². The van der Waals surface area contributed by atoms with Crippen LogP contribution in [0.2, 0.25) is 0 Å². The van der Waals surface area contributed by atoms with Gasteiger partial charge < -0.3 is 24.5 Å². The summed E-state index contributed by atoms with van der Waals surface area (Å²) < 4.78 is 7.05. The summed E-state index contributed by atoms with van der Waals surface area (Å²) in [7, 11) is 1.74. The second-order valence-corrected chi connectivity index (χ2v) is 12.4. The van der Waals surface area contributed by atoms with Crippen molar-refractivity contribution >= 4 is 34.2 Å². The van der Waals surface area contributed by atoms with E-state index in [1.54, 1.807) is 21.7 Å². The molecule has 4 aliphatic rings. The lowest BCUT2D eigenvalue weighted by Gasteiger charge is -2.41. The predicted molar refractivity (Wildman–Crippen MR) is 168 cm³/mol. The number of benzene rings is 3. The quantitative estimate of drug-likeness (QED) is 0.442. The van der Waals surface area contributed by atoms with E-state index in [0.29, 0.717) is 25.1 Å². The highest BCUT2D eigenvalue weighted by Gasteiger charge is 2.75. The van der Waals surface area contributed by atoms with Crippen LogP contribution < -0.4 is 4.90 Å². The Labute approximate surface area is 257 Å². The number of carbonyl (C=O) groups excluding carboxylic acids is 3. The van der Waals surface area contributed by atoms with Gasteiger partial charge in [0.05, 0.1) is 30.1 Å². The standard InChI is InChI=1S/C36H37N3O5/c1-3-35-17-9-19-37(2)32(41)29(35)30-33(42)39(28(23-40)21-24-11-5-4-6-12-24)31-34(43)38(20-10-18-36(30,31)44-35)27-16-15-25-13-7-8-14-26(25)22-27/h4-18,22,28-31,40H,3,19-21,23H2,1-2H3/t28-,29+,30+,31?,35-,36+/m1/s1. The fourth-order valence-electron chi connectivity index (χ4n) is 7.93. The molecule has 3 aromatic carbocycles. The van der Waals surface area contributed by atoms with Gasteiger partial charge in [-0.2, -0.15) is 0 Å². The average molecular weight is 592 g/mol. The number of aliphatic hydroxyl groups excluding tert-OH is 1. The van der Waals surface area contributed by atoms with Gasteiger partial charge in [0.2, 0.25) is 11.8 Å². The van der Waals surface area contributed by atoms with Gasteiger partial charge in [-0.3, -0.25) is 14.4 Å². The maximum atomic E-state index is 15.0. The highest BCUT2D eigenvalue weighted by molar-refractivity contribution is 6.07. The zero-order valence-corrected chi connectivity index (χ0v) is 25.0. The smallest absolute Gasteiger partial charge is 0.253 e. The number of likely N-dealkylation sites (tertiary alicyclic amines) is 1. The molecule has 1 unspecified atom stereocenters. The topological polar surface area (TPSA) is 90.4 Å². The summed E-state index contributed by atoms with van der Waals surface area (Å²) in [6.45, 7) is 2.31. The number of rotatable bonds is 6. The number of hydrogen-bond acceptors (Lipinski definition) is 5. The molecule has 44 heavy (non-hydrogen) atoms. The first kappa shape index (κ1) is 28.5. The first-order chi connectivity index (χ1) is 21.3. The van der Waals surface area contributed by atoms with Crippen LogP contribution >= 0.6 is 0 Å². The minimum atomic E-state index is -1.39. The number of anilines is 1. The molecule has 3 aromatic rings. The van der Waals surface area contributed by atoms with Crippen molar-refractivity contribution in [3.63, 3.8) is 0 Å². The van der Waals surface area contributed by atoms with Crippen LogP contribution in [0, 0.1) is 11.8 Å². The zero-order chi connectivity index (χ0) is 30.6. The molecule has 1 N–H and O–H groups in total. The van der Waals surface area contributed by atoms with Crippen LogP contribution in [0.25, 0.3) is 10.8 Å². The number of nitrogens with zero attached hydrogens (tertiary/aromatic N) is 3. The monoisotopic (exact) mass is 591 g/mol. The van der Waals surface area contributed by atoms with Crippen molar-refractivity contribution < 1.29 is 24.2 Å². The zero-order valence-electron chi connectivity index (χ0n) is 25.0. The molecule has 2 fully saturated rings. The number of ether oxygens (including phenoxy) is 1.